The Morgan fingerprint density at radius 2 is 1.91 bits per heavy atom. The molecule has 0 aliphatic rings. The van der Waals surface area contributed by atoms with Gasteiger partial charge in [-0.3, -0.25) is 4.68 Å². The van der Waals surface area contributed by atoms with E-state index in [0.29, 0.717) is 0 Å². The highest BCUT2D eigenvalue weighted by molar-refractivity contribution is 9.10. The smallest absolute Gasteiger partial charge is 0.176 e. The molecule has 0 amide bonds. The molecule has 0 radical (unpaired) electrons. The number of para-hydroxylation sites is 1. The van der Waals surface area contributed by atoms with Gasteiger partial charge < -0.3 is 0 Å². The van der Waals surface area contributed by atoms with Crippen molar-refractivity contribution in [1.29, 1.82) is 0 Å². The van der Waals surface area contributed by atoms with Crippen LogP contribution in [0.5, 0.6) is 0 Å². The fourth-order valence-electron chi connectivity index (χ4n) is 2.80. The Hall–Kier alpha value is -2.28. The molecule has 0 spiro atoms. The number of aromatic nitrogens is 6. The summed E-state index contributed by atoms with van der Waals surface area (Å²) in [6, 6.07) is 7.89. The average molecular weight is 371 g/mol. The van der Waals surface area contributed by atoms with Crippen LogP contribution in [-0.2, 0) is 0 Å². The van der Waals surface area contributed by atoms with E-state index in [2.05, 4.69) is 38.0 Å². The van der Waals surface area contributed by atoms with Gasteiger partial charge in [-0.2, -0.15) is 5.10 Å². The van der Waals surface area contributed by atoms with E-state index in [9.17, 15) is 0 Å². The summed E-state index contributed by atoms with van der Waals surface area (Å²) in [6.07, 6.45) is 1.71. The molecule has 0 aliphatic carbocycles. The van der Waals surface area contributed by atoms with Crippen molar-refractivity contribution >= 4 is 32.5 Å². The molecule has 23 heavy (non-hydrogen) atoms. The van der Waals surface area contributed by atoms with E-state index in [4.69, 9.17) is 4.98 Å². The van der Waals surface area contributed by atoms with Crippen molar-refractivity contribution in [3.63, 3.8) is 0 Å². The largest absolute Gasteiger partial charge is 0.258 e. The van der Waals surface area contributed by atoms with Crippen LogP contribution in [0.25, 0.3) is 16.6 Å². The highest BCUT2D eigenvalue weighted by atomic mass is 79.9. The number of nitrogens with zero attached hydrogens (tertiary/aromatic N) is 6. The molecule has 3 heterocycles. The third kappa shape index (κ3) is 2.15. The SMILES string of the molecule is Cc1nn([C@H](C)c2nc3c4ccccc4ncn3n2)c(C)c1Br. The second-order valence-corrected chi connectivity index (χ2v) is 6.40. The zero-order valence-corrected chi connectivity index (χ0v) is 14.6. The molecule has 0 saturated carbocycles. The maximum absolute atomic E-state index is 4.73. The van der Waals surface area contributed by atoms with Gasteiger partial charge in [-0.15, -0.1) is 5.10 Å². The van der Waals surface area contributed by atoms with Gasteiger partial charge in [-0.1, -0.05) is 12.1 Å². The topological polar surface area (TPSA) is 60.9 Å². The molecule has 6 nitrogen and oxygen atoms in total. The summed E-state index contributed by atoms with van der Waals surface area (Å²) in [7, 11) is 0. The molecule has 0 unspecified atom stereocenters. The predicted octanol–water partition coefficient (Wildman–Crippen LogP) is 3.46. The maximum Gasteiger partial charge on any atom is 0.176 e. The number of hydrogen-bond donors (Lipinski definition) is 0. The van der Waals surface area contributed by atoms with Gasteiger partial charge in [0.05, 0.1) is 21.4 Å². The molecule has 4 aromatic rings. The Labute approximate surface area is 141 Å². The van der Waals surface area contributed by atoms with Crippen LogP contribution in [0.4, 0.5) is 0 Å². The van der Waals surface area contributed by atoms with E-state index in [-0.39, 0.29) is 6.04 Å². The quantitative estimate of drug-likeness (QED) is 0.542. The van der Waals surface area contributed by atoms with Crippen molar-refractivity contribution in [1.82, 2.24) is 29.4 Å². The highest BCUT2D eigenvalue weighted by Gasteiger charge is 2.20. The average Bonchev–Trinajstić information content (AvgIpc) is 3.11. The second kappa shape index (κ2) is 5.13. The van der Waals surface area contributed by atoms with E-state index >= 15 is 0 Å². The first-order valence-electron chi connectivity index (χ1n) is 7.37. The van der Waals surface area contributed by atoms with Gasteiger partial charge in [0.25, 0.3) is 0 Å². The fourth-order valence-corrected chi connectivity index (χ4v) is 3.06. The summed E-state index contributed by atoms with van der Waals surface area (Å²) < 4.78 is 4.71. The molecular formula is C16H15BrN6. The van der Waals surface area contributed by atoms with E-state index in [1.54, 1.807) is 10.8 Å². The molecule has 4 rings (SSSR count). The lowest BCUT2D eigenvalue weighted by Crippen LogP contribution is -2.12. The molecule has 1 aromatic carbocycles. The molecule has 116 valence electrons. The molecular weight excluding hydrogens is 356 g/mol. The summed E-state index contributed by atoms with van der Waals surface area (Å²) in [6.45, 7) is 6.07. The van der Waals surface area contributed by atoms with Gasteiger partial charge in [0.2, 0.25) is 0 Å². The van der Waals surface area contributed by atoms with Crippen molar-refractivity contribution in [2.45, 2.75) is 26.8 Å². The van der Waals surface area contributed by atoms with Gasteiger partial charge in [0.1, 0.15) is 12.4 Å². The number of aryl methyl sites for hydroxylation is 1. The monoisotopic (exact) mass is 370 g/mol. The minimum absolute atomic E-state index is 0.0568. The second-order valence-electron chi connectivity index (χ2n) is 5.61. The minimum atomic E-state index is -0.0568. The first-order chi connectivity index (χ1) is 11.1. The lowest BCUT2D eigenvalue weighted by Gasteiger charge is -2.10. The van der Waals surface area contributed by atoms with Crippen LogP contribution in [0.2, 0.25) is 0 Å². The van der Waals surface area contributed by atoms with E-state index in [1.165, 1.54) is 0 Å². The Balaban J connectivity index is 1.88. The highest BCUT2D eigenvalue weighted by Crippen LogP contribution is 2.26. The van der Waals surface area contributed by atoms with Crippen LogP contribution >= 0.6 is 15.9 Å². The van der Waals surface area contributed by atoms with Gasteiger partial charge in [0, 0.05) is 5.39 Å². The predicted molar refractivity (Wildman–Crippen MR) is 91.5 cm³/mol. The molecule has 3 aromatic heterocycles. The Morgan fingerprint density at radius 1 is 1.13 bits per heavy atom. The van der Waals surface area contributed by atoms with E-state index < -0.39 is 0 Å². The first-order valence-corrected chi connectivity index (χ1v) is 8.17. The standard InChI is InChI=1S/C16H15BrN6/c1-9-14(17)10(2)23(20-9)11(3)15-19-16-12-6-4-5-7-13(12)18-8-22(16)21-15/h4-8,11H,1-3H3/t11-/m1/s1. The molecule has 1 atom stereocenters. The van der Waals surface area contributed by atoms with E-state index in [1.807, 2.05) is 42.8 Å². The Kier molecular flexibility index (Phi) is 3.19. The van der Waals surface area contributed by atoms with Crippen LogP contribution in [0.1, 0.15) is 30.2 Å². The van der Waals surface area contributed by atoms with Crippen molar-refractivity contribution in [2.24, 2.45) is 0 Å². The van der Waals surface area contributed by atoms with Gasteiger partial charge in [-0.05, 0) is 48.8 Å². The summed E-state index contributed by atoms with van der Waals surface area (Å²) in [4.78, 5) is 9.15. The van der Waals surface area contributed by atoms with E-state index in [0.717, 1.165) is 38.2 Å². The number of hydrogen-bond acceptors (Lipinski definition) is 4. The Bertz CT molecular complexity index is 1030. The zero-order valence-electron chi connectivity index (χ0n) is 13.0. The molecule has 0 N–H and O–H groups in total. The van der Waals surface area contributed by atoms with Crippen molar-refractivity contribution in [3.8, 4) is 0 Å². The summed E-state index contributed by atoms with van der Waals surface area (Å²) >= 11 is 3.57. The van der Waals surface area contributed by atoms with Crippen LogP contribution in [0.3, 0.4) is 0 Å². The zero-order chi connectivity index (χ0) is 16.1. The van der Waals surface area contributed by atoms with Crippen LogP contribution < -0.4 is 0 Å². The summed E-state index contributed by atoms with van der Waals surface area (Å²) in [5, 5.41) is 10.2. The fraction of sp³-hybridized carbons (Fsp3) is 0.250. The van der Waals surface area contributed by atoms with Crippen molar-refractivity contribution < 1.29 is 0 Å². The van der Waals surface area contributed by atoms with Gasteiger partial charge in [0.15, 0.2) is 11.5 Å². The number of halogens is 1. The molecule has 0 fully saturated rings. The number of rotatable bonds is 2. The summed E-state index contributed by atoms with van der Waals surface area (Å²) in [5.41, 5.74) is 3.76. The maximum atomic E-state index is 4.73. The van der Waals surface area contributed by atoms with Crippen LogP contribution in [-0.4, -0.2) is 29.4 Å². The van der Waals surface area contributed by atoms with Gasteiger partial charge in [-0.25, -0.2) is 14.5 Å². The van der Waals surface area contributed by atoms with Crippen LogP contribution in [0, 0.1) is 13.8 Å². The summed E-state index contributed by atoms with van der Waals surface area (Å²) in [5.74, 6) is 0.723. The third-order valence-corrected chi connectivity index (χ3v) is 5.22. The normalized spacial score (nSPS) is 13.0. The number of fused-ring (bicyclic) bond motifs is 3. The van der Waals surface area contributed by atoms with Gasteiger partial charge >= 0.3 is 0 Å². The number of benzene rings is 1. The third-order valence-electron chi connectivity index (χ3n) is 4.08. The first kappa shape index (κ1) is 14.3. The molecule has 7 heteroatoms. The van der Waals surface area contributed by atoms with Crippen molar-refractivity contribution in [2.75, 3.05) is 0 Å². The van der Waals surface area contributed by atoms with Crippen molar-refractivity contribution in [3.05, 3.63) is 52.3 Å². The molecule has 0 bridgehead atoms. The Morgan fingerprint density at radius 3 is 2.65 bits per heavy atom. The lowest BCUT2D eigenvalue weighted by atomic mass is 10.2. The minimum Gasteiger partial charge on any atom is -0.258 e. The lowest BCUT2D eigenvalue weighted by molar-refractivity contribution is 0.520. The van der Waals surface area contributed by atoms with Crippen LogP contribution in [0.15, 0.2) is 35.1 Å². The molecule has 0 saturated heterocycles. The molecule has 0 aliphatic heterocycles.